The number of thioether (sulfide) groups is 1. The zero-order chi connectivity index (χ0) is 20.5. The van der Waals surface area contributed by atoms with Gasteiger partial charge in [0.2, 0.25) is 0 Å². The van der Waals surface area contributed by atoms with E-state index in [2.05, 4.69) is 10.3 Å². The van der Waals surface area contributed by atoms with Crippen molar-refractivity contribution in [1.29, 1.82) is 0 Å². The molecule has 2 aromatic rings. The normalized spacial score (nSPS) is 18.0. The predicted molar refractivity (Wildman–Crippen MR) is 93.7 cm³/mol. The van der Waals surface area contributed by atoms with Gasteiger partial charge in [0.15, 0.2) is 5.17 Å². The minimum atomic E-state index is -4.53. The first-order chi connectivity index (χ1) is 13.0. The number of rotatable bonds is 2. The van der Waals surface area contributed by atoms with Gasteiger partial charge in [0.1, 0.15) is 0 Å². The molecule has 10 heteroatoms. The van der Waals surface area contributed by atoms with Gasteiger partial charge in [0, 0.05) is 0 Å². The van der Waals surface area contributed by atoms with Crippen LogP contribution in [0, 0.1) is 0 Å². The smallest absolute Gasteiger partial charge is 0.300 e. The van der Waals surface area contributed by atoms with Crippen LogP contribution in [0.5, 0.6) is 0 Å². The summed E-state index contributed by atoms with van der Waals surface area (Å²) in [5.41, 5.74) is -1.60. The SMILES string of the molecule is O=C1NC(=Nc2cccc(C(F)(F)F)c2)S/C1=C\c1cccc(C(F)(F)F)c1. The number of benzene rings is 2. The van der Waals surface area contributed by atoms with Crippen molar-refractivity contribution in [1.82, 2.24) is 5.32 Å². The van der Waals surface area contributed by atoms with Gasteiger partial charge in [-0.15, -0.1) is 0 Å². The summed E-state index contributed by atoms with van der Waals surface area (Å²) in [4.78, 5) is 16.0. The van der Waals surface area contributed by atoms with E-state index < -0.39 is 29.4 Å². The highest BCUT2D eigenvalue weighted by molar-refractivity contribution is 8.18. The second kappa shape index (κ2) is 7.34. The maximum Gasteiger partial charge on any atom is 0.416 e. The van der Waals surface area contributed by atoms with E-state index in [9.17, 15) is 31.1 Å². The molecular formula is C18H10F6N2OS. The van der Waals surface area contributed by atoms with Crippen molar-refractivity contribution in [3.05, 3.63) is 70.1 Å². The number of carbonyl (C=O) groups is 1. The Morgan fingerprint density at radius 1 is 0.893 bits per heavy atom. The number of nitrogens with one attached hydrogen (secondary N) is 1. The lowest BCUT2D eigenvalue weighted by atomic mass is 10.1. The van der Waals surface area contributed by atoms with Crippen LogP contribution in [0.2, 0.25) is 0 Å². The molecule has 1 saturated heterocycles. The first-order valence-electron chi connectivity index (χ1n) is 7.66. The lowest BCUT2D eigenvalue weighted by Gasteiger charge is -2.06. The van der Waals surface area contributed by atoms with Crippen molar-refractivity contribution in [2.24, 2.45) is 4.99 Å². The average molecular weight is 416 g/mol. The van der Waals surface area contributed by atoms with Crippen LogP contribution in [-0.4, -0.2) is 11.1 Å². The van der Waals surface area contributed by atoms with Crippen LogP contribution in [0.4, 0.5) is 32.0 Å². The van der Waals surface area contributed by atoms with Crippen molar-refractivity contribution in [3.63, 3.8) is 0 Å². The molecule has 0 saturated carbocycles. The fourth-order valence-electron chi connectivity index (χ4n) is 2.31. The van der Waals surface area contributed by atoms with Crippen molar-refractivity contribution in [2.45, 2.75) is 12.4 Å². The summed E-state index contributed by atoms with van der Waals surface area (Å²) < 4.78 is 76.6. The minimum absolute atomic E-state index is 0.0158. The molecular weight excluding hydrogens is 406 g/mol. The summed E-state index contributed by atoms with van der Waals surface area (Å²) in [5.74, 6) is -0.604. The van der Waals surface area contributed by atoms with Gasteiger partial charge in [-0.05, 0) is 53.7 Å². The maximum absolute atomic E-state index is 12.8. The summed E-state index contributed by atoms with van der Waals surface area (Å²) in [5, 5.41) is 2.41. The number of alkyl halides is 6. The second-order valence-electron chi connectivity index (χ2n) is 5.65. The Labute approximate surface area is 159 Å². The quantitative estimate of drug-likeness (QED) is 0.510. The van der Waals surface area contributed by atoms with E-state index in [-0.39, 0.29) is 21.3 Å². The molecule has 0 spiro atoms. The molecule has 2 aromatic carbocycles. The van der Waals surface area contributed by atoms with Crippen LogP contribution < -0.4 is 5.32 Å². The molecule has 28 heavy (non-hydrogen) atoms. The van der Waals surface area contributed by atoms with Crippen molar-refractivity contribution in [2.75, 3.05) is 0 Å². The number of amides is 1. The fourth-order valence-corrected chi connectivity index (χ4v) is 3.15. The molecule has 0 unspecified atom stereocenters. The van der Waals surface area contributed by atoms with E-state index in [0.717, 1.165) is 36.0 Å². The third-order valence-electron chi connectivity index (χ3n) is 3.57. The van der Waals surface area contributed by atoms with Crippen LogP contribution in [0.15, 0.2) is 58.4 Å². The number of amidine groups is 1. The summed E-state index contributed by atoms with van der Waals surface area (Å²) in [6.07, 6.45) is -7.80. The minimum Gasteiger partial charge on any atom is -0.300 e. The number of hydrogen-bond donors (Lipinski definition) is 1. The molecule has 1 heterocycles. The van der Waals surface area contributed by atoms with E-state index in [1.807, 2.05) is 0 Å². The monoisotopic (exact) mass is 416 g/mol. The summed E-state index contributed by atoms with van der Waals surface area (Å²) in [6, 6.07) is 8.65. The van der Waals surface area contributed by atoms with Gasteiger partial charge >= 0.3 is 12.4 Å². The molecule has 0 radical (unpaired) electrons. The standard InChI is InChI=1S/C18H10F6N2OS/c19-17(20,21)11-4-1-3-10(7-11)8-14-15(27)26-16(28-14)25-13-6-2-5-12(9-13)18(22,23)24/h1-9H,(H,25,26,27)/b14-8-. The number of carbonyl (C=O) groups excluding carboxylic acids is 1. The molecule has 3 nitrogen and oxygen atoms in total. The Hall–Kier alpha value is -2.75. The zero-order valence-electron chi connectivity index (χ0n) is 13.7. The average Bonchev–Trinajstić information content (AvgIpc) is 2.93. The number of aliphatic imine (C=N–C) groups is 1. The Morgan fingerprint density at radius 3 is 2.14 bits per heavy atom. The van der Waals surface area contributed by atoms with E-state index in [1.54, 1.807) is 0 Å². The molecule has 1 aliphatic rings. The first-order valence-corrected chi connectivity index (χ1v) is 8.48. The van der Waals surface area contributed by atoms with E-state index in [0.29, 0.717) is 0 Å². The van der Waals surface area contributed by atoms with Gasteiger partial charge in [-0.1, -0.05) is 18.2 Å². The summed E-state index contributed by atoms with van der Waals surface area (Å²) in [6.45, 7) is 0. The molecule has 3 rings (SSSR count). The highest BCUT2D eigenvalue weighted by atomic mass is 32.2. The predicted octanol–water partition coefficient (Wildman–Crippen LogP) is 5.62. The van der Waals surface area contributed by atoms with Gasteiger partial charge in [-0.2, -0.15) is 26.3 Å². The highest BCUT2D eigenvalue weighted by Crippen LogP contribution is 2.34. The van der Waals surface area contributed by atoms with Crippen molar-refractivity contribution >= 4 is 34.6 Å². The van der Waals surface area contributed by atoms with Gasteiger partial charge in [0.25, 0.3) is 5.91 Å². The van der Waals surface area contributed by atoms with Crippen LogP contribution in [0.3, 0.4) is 0 Å². The lowest BCUT2D eigenvalue weighted by molar-refractivity contribution is -0.138. The summed E-state index contributed by atoms with van der Waals surface area (Å²) >= 11 is 0.823. The number of halogens is 6. The maximum atomic E-state index is 12.8. The Bertz CT molecular complexity index is 979. The molecule has 1 amide bonds. The zero-order valence-corrected chi connectivity index (χ0v) is 14.5. The molecule has 0 aromatic heterocycles. The Kier molecular flexibility index (Phi) is 5.24. The Balaban J connectivity index is 1.84. The molecule has 146 valence electrons. The second-order valence-corrected chi connectivity index (χ2v) is 6.68. The summed E-state index contributed by atoms with van der Waals surface area (Å²) in [7, 11) is 0. The van der Waals surface area contributed by atoms with E-state index in [4.69, 9.17) is 0 Å². The van der Waals surface area contributed by atoms with Crippen molar-refractivity contribution < 1.29 is 31.1 Å². The van der Waals surface area contributed by atoms with Crippen molar-refractivity contribution in [3.8, 4) is 0 Å². The largest absolute Gasteiger partial charge is 0.416 e. The van der Waals surface area contributed by atoms with E-state index >= 15 is 0 Å². The van der Waals surface area contributed by atoms with Crippen LogP contribution in [0.1, 0.15) is 16.7 Å². The number of hydrogen-bond acceptors (Lipinski definition) is 3. The third kappa shape index (κ3) is 4.75. The molecule has 1 aliphatic heterocycles. The van der Waals surface area contributed by atoms with E-state index in [1.165, 1.54) is 30.3 Å². The van der Waals surface area contributed by atoms with Gasteiger partial charge in [0.05, 0.1) is 21.7 Å². The molecule has 1 fully saturated rings. The number of nitrogens with zero attached hydrogens (tertiary/aromatic N) is 1. The van der Waals surface area contributed by atoms with Gasteiger partial charge in [-0.3, -0.25) is 4.79 Å². The third-order valence-corrected chi connectivity index (χ3v) is 4.48. The topological polar surface area (TPSA) is 41.5 Å². The highest BCUT2D eigenvalue weighted by Gasteiger charge is 2.31. The van der Waals surface area contributed by atoms with Crippen LogP contribution in [-0.2, 0) is 17.1 Å². The lowest BCUT2D eigenvalue weighted by Crippen LogP contribution is -2.19. The Morgan fingerprint density at radius 2 is 1.50 bits per heavy atom. The van der Waals surface area contributed by atoms with Gasteiger partial charge in [-0.25, -0.2) is 4.99 Å². The molecule has 0 aliphatic carbocycles. The fraction of sp³-hybridized carbons (Fsp3) is 0.111. The molecule has 0 bridgehead atoms. The van der Waals surface area contributed by atoms with Crippen LogP contribution >= 0.6 is 11.8 Å². The van der Waals surface area contributed by atoms with Gasteiger partial charge < -0.3 is 5.32 Å². The first kappa shape index (κ1) is 20.0. The van der Waals surface area contributed by atoms with Crippen LogP contribution in [0.25, 0.3) is 6.08 Å². The molecule has 0 atom stereocenters. The molecule has 1 N–H and O–H groups in total.